The summed E-state index contributed by atoms with van der Waals surface area (Å²) in [6.45, 7) is 0. The molecule has 1 aromatic heterocycles. The second-order valence-electron chi connectivity index (χ2n) is 6.62. The smallest absolute Gasteiger partial charge is 0.345 e. The van der Waals surface area contributed by atoms with Crippen molar-refractivity contribution in [2.24, 2.45) is 0 Å². The van der Waals surface area contributed by atoms with Gasteiger partial charge in [-0.15, -0.1) is 0 Å². The molecule has 0 aliphatic carbocycles. The SMILES string of the molecule is COc1cc(Cl)ccc1OC(=O)c1cn(-c2ccccc2OC)c(=O)c2ccccc12. The zero-order valence-electron chi connectivity index (χ0n) is 16.8. The van der Waals surface area contributed by atoms with E-state index < -0.39 is 5.97 Å². The summed E-state index contributed by atoms with van der Waals surface area (Å²) in [5.74, 6) is 0.401. The zero-order chi connectivity index (χ0) is 22.0. The summed E-state index contributed by atoms with van der Waals surface area (Å²) in [6, 6.07) is 18.7. The van der Waals surface area contributed by atoms with Gasteiger partial charge in [0, 0.05) is 28.1 Å². The van der Waals surface area contributed by atoms with Crippen LogP contribution in [-0.4, -0.2) is 24.8 Å². The normalized spacial score (nSPS) is 10.7. The second-order valence-corrected chi connectivity index (χ2v) is 7.06. The predicted molar refractivity (Wildman–Crippen MR) is 119 cm³/mol. The molecule has 31 heavy (non-hydrogen) atoms. The number of nitrogens with zero attached hydrogens (tertiary/aromatic N) is 1. The standard InChI is InChI=1S/C24H18ClNO5/c1-29-20-10-6-5-9-19(20)26-14-18(16-7-3-4-8-17(16)23(26)27)24(28)31-21-12-11-15(25)13-22(21)30-2/h3-14H,1-2H3. The molecule has 1 heterocycles. The molecule has 0 radical (unpaired) electrons. The Balaban J connectivity index is 1.89. The average Bonchev–Trinajstić information content (AvgIpc) is 2.80. The molecule has 0 N–H and O–H groups in total. The molecule has 0 fully saturated rings. The first-order chi connectivity index (χ1) is 15.0. The molecule has 0 amide bonds. The molecule has 0 bridgehead atoms. The van der Waals surface area contributed by atoms with Gasteiger partial charge in [-0.3, -0.25) is 9.36 Å². The van der Waals surface area contributed by atoms with Crippen LogP contribution in [0.3, 0.4) is 0 Å². The lowest BCUT2D eigenvalue weighted by Crippen LogP contribution is -2.22. The lowest BCUT2D eigenvalue weighted by molar-refractivity contribution is 0.0731. The Morgan fingerprint density at radius 1 is 0.839 bits per heavy atom. The highest BCUT2D eigenvalue weighted by molar-refractivity contribution is 6.30. The number of pyridine rings is 1. The lowest BCUT2D eigenvalue weighted by atomic mass is 10.1. The van der Waals surface area contributed by atoms with Crippen LogP contribution in [0.1, 0.15) is 10.4 Å². The van der Waals surface area contributed by atoms with Crippen molar-refractivity contribution in [1.29, 1.82) is 0 Å². The third kappa shape index (κ3) is 3.85. The van der Waals surface area contributed by atoms with Gasteiger partial charge in [-0.05, 0) is 30.3 Å². The van der Waals surface area contributed by atoms with Gasteiger partial charge >= 0.3 is 5.97 Å². The van der Waals surface area contributed by atoms with E-state index in [9.17, 15) is 9.59 Å². The zero-order valence-corrected chi connectivity index (χ0v) is 17.6. The number of fused-ring (bicyclic) bond motifs is 1. The second kappa shape index (κ2) is 8.53. The third-order valence-corrected chi connectivity index (χ3v) is 5.05. The Kier molecular flexibility index (Phi) is 5.64. The van der Waals surface area contributed by atoms with E-state index in [0.717, 1.165) is 0 Å². The van der Waals surface area contributed by atoms with Crippen LogP contribution in [-0.2, 0) is 0 Å². The molecule has 3 aromatic carbocycles. The number of carbonyl (C=O) groups excluding carboxylic acids is 1. The van der Waals surface area contributed by atoms with Crippen molar-refractivity contribution in [3.05, 3.63) is 93.9 Å². The summed E-state index contributed by atoms with van der Waals surface area (Å²) in [4.78, 5) is 26.4. The van der Waals surface area contributed by atoms with Gasteiger partial charge in [0.25, 0.3) is 5.56 Å². The molecule has 156 valence electrons. The molecule has 0 atom stereocenters. The van der Waals surface area contributed by atoms with Crippen molar-refractivity contribution in [3.63, 3.8) is 0 Å². The first-order valence-electron chi connectivity index (χ1n) is 9.37. The third-order valence-electron chi connectivity index (χ3n) is 4.82. The number of hydrogen-bond acceptors (Lipinski definition) is 5. The number of benzene rings is 3. The van der Waals surface area contributed by atoms with Crippen molar-refractivity contribution in [2.75, 3.05) is 14.2 Å². The number of carbonyl (C=O) groups is 1. The van der Waals surface area contributed by atoms with Crippen LogP contribution in [0.2, 0.25) is 5.02 Å². The molecule has 4 aromatic rings. The van der Waals surface area contributed by atoms with Crippen molar-refractivity contribution in [1.82, 2.24) is 4.57 Å². The molecule has 6 nitrogen and oxygen atoms in total. The van der Waals surface area contributed by atoms with E-state index in [4.69, 9.17) is 25.8 Å². The van der Waals surface area contributed by atoms with E-state index >= 15 is 0 Å². The number of aromatic nitrogens is 1. The van der Waals surface area contributed by atoms with Crippen LogP contribution in [0.25, 0.3) is 16.5 Å². The molecular weight excluding hydrogens is 418 g/mol. The van der Waals surface area contributed by atoms with Crippen LogP contribution < -0.4 is 19.8 Å². The van der Waals surface area contributed by atoms with Crippen LogP contribution >= 0.6 is 11.6 Å². The largest absolute Gasteiger partial charge is 0.495 e. The number of halogens is 1. The Bertz CT molecular complexity index is 1350. The van der Waals surface area contributed by atoms with E-state index in [1.807, 2.05) is 0 Å². The molecule has 0 saturated carbocycles. The highest BCUT2D eigenvalue weighted by Crippen LogP contribution is 2.31. The molecule has 0 unspecified atom stereocenters. The molecule has 4 rings (SSSR count). The minimum Gasteiger partial charge on any atom is -0.495 e. The quantitative estimate of drug-likeness (QED) is 0.330. The predicted octanol–water partition coefficient (Wildman–Crippen LogP) is 4.88. The van der Waals surface area contributed by atoms with Crippen molar-refractivity contribution in [3.8, 4) is 22.9 Å². The highest BCUT2D eigenvalue weighted by Gasteiger charge is 2.20. The van der Waals surface area contributed by atoms with E-state index in [-0.39, 0.29) is 16.9 Å². The summed E-state index contributed by atoms with van der Waals surface area (Å²) >= 11 is 5.99. The summed E-state index contributed by atoms with van der Waals surface area (Å²) in [5, 5.41) is 1.31. The minimum absolute atomic E-state index is 0.219. The molecule has 0 saturated heterocycles. The Morgan fingerprint density at radius 3 is 2.26 bits per heavy atom. The van der Waals surface area contributed by atoms with E-state index in [0.29, 0.717) is 33.0 Å². The van der Waals surface area contributed by atoms with E-state index in [1.54, 1.807) is 66.7 Å². The Labute approximate surface area is 183 Å². The lowest BCUT2D eigenvalue weighted by Gasteiger charge is -2.15. The van der Waals surface area contributed by atoms with Crippen LogP contribution in [0.4, 0.5) is 0 Å². The average molecular weight is 436 g/mol. The Hall–Kier alpha value is -3.77. The van der Waals surface area contributed by atoms with Gasteiger partial charge in [-0.1, -0.05) is 41.9 Å². The molecule has 0 aliphatic rings. The fourth-order valence-electron chi connectivity index (χ4n) is 3.34. The van der Waals surface area contributed by atoms with Gasteiger partial charge in [0.1, 0.15) is 5.75 Å². The summed E-state index contributed by atoms with van der Waals surface area (Å²) in [7, 11) is 2.98. The highest BCUT2D eigenvalue weighted by atomic mass is 35.5. The monoisotopic (exact) mass is 435 g/mol. The van der Waals surface area contributed by atoms with Crippen LogP contribution in [0.5, 0.6) is 17.2 Å². The maximum atomic E-state index is 13.2. The molecular formula is C24H18ClNO5. The molecule has 0 spiro atoms. The van der Waals surface area contributed by atoms with Gasteiger partial charge in [0.05, 0.1) is 25.5 Å². The number of rotatable bonds is 5. The molecule has 0 aliphatic heterocycles. The number of ether oxygens (including phenoxy) is 3. The fourth-order valence-corrected chi connectivity index (χ4v) is 3.50. The fraction of sp³-hybridized carbons (Fsp3) is 0.0833. The van der Waals surface area contributed by atoms with Gasteiger partial charge in [-0.2, -0.15) is 0 Å². The topological polar surface area (TPSA) is 66.8 Å². The van der Waals surface area contributed by atoms with Gasteiger partial charge in [0.2, 0.25) is 0 Å². The number of esters is 1. The maximum Gasteiger partial charge on any atom is 0.345 e. The van der Waals surface area contributed by atoms with Gasteiger partial charge in [-0.25, -0.2) is 4.79 Å². The van der Waals surface area contributed by atoms with Gasteiger partial charge < -0.3 is 14.2 Å². The van der Waals surface area contributed by atoms with Crippen LogP contribution in [0.15, 0.2) is 77.7 Å². The Morgan fingerprint density at radius 2 is 1.52 bits per heavy atom. The summed E-state index contributed by atoms with van der Waals surface area (Å²) in [5.41, 5.74) is 0.456. The van der Waals surface area contributed by atoms with Crippen LogP contribution in [0, 0.1) is 0 Å². The van der Waals surface area contributed by atoms with Crippen molar-refractivity contribution < 1.29 is 19.0 Å². The molecule has 7 heteroatoms. The number of methoxy groups -OCH3 is 2. The maximum absolute atomic E-state index is 13.2. The van der Waals surface area contributed by atoms with Crippen molar-refractivity contribution in [2.45, 2.75) is 0 Å². The first-order valence-corrected chi connectivity index (χ1v) is 9.75. The summed E-state index contributed by atoms with van der Waals surface area (Å²) < 4.78 is 17.6. The number of para-hydroxylation sites is 2. The summed E-state index contributed by atoms with van der Waals surface area (Å²) in [6.07, 6.45) is 1.47. The van der Waals surface area contributed by atoms with Gasteiger partial charge in [0.15, 0.2) is 11.5 Å². The van der Waals surface area contributed by atoms with E-state index in [2.05, 4.69) is 0 Å². The van der Waals surface area contributed by atoms with Crippen molar-refractivity contribution >= 4 is 28.3 Å². The first kappa shape index (κ1) is 20.5. The number of hydrogen-bond donors (Lipinski definition) is 0. The van der Waals surface area contributed by atoms with E-state index in [1.165, 1.54) is 25.0 Å². The minimum atomic E-state index is -0.638.